The maximum Gasteiger partial charge on any atom is 0.248 e. The number of fused-ring (bicyclic) bond motifs is 15. The molecular weight excluding hydrogens is 1680 g/mol. The molecule has 13 rings (SSSR count). The number of unbranched alkanes of at least 4 members (excludes halogenated alkanes) is 7. The second kappa shape index (κ2) is 42.4. The molecule has 41 heteroatoms. The highest BCUT2D eigenvalue weighted by molar-refractivity contribution is 6.32. The highest BCUT2D eigenvalue weighted by atomic mass is 35.5. The molecule has 0 aliphatic carbocycles. The van der Waals surface area contributed by atoms with Crippen molar-refractivity contribution < 1.29 is 138 Å². The Hall–Kier alpha value is -9.44. The number of aliphatic hydroxyl groups excluding tert-OH is 10. The molecule has 3 saturated heterocycles. The molecule has 1 unspecified atom stereocenters. The van der Waals surface area contributed by atoms with Crippen LogP contribution in [0.25, 0.3) is 11.1 Å². The fourth-order valence-corrected chi connectivity index (χ4v) is 16.6. The molecule has 39 nitrogen and oxygen atoms in total. The van der Waals surface area contributed by atoms with E-state index in [9.17, 15) is 76.0 Å². The third kappa shape index (κ3) is 22.6. The molecule has 23 atom stereocenters. The Bertz CT molecular complexity index is 4690. The summed E-state index contributed by atoms with van der Waals surface area (Å²) in [4.78, 5) is 121. The summed E-state index contributed by atoms with van der Waals surface area (Å²) in [6.45, 7) is 8.83. The Morgan fingerprint density at radius 1 is 0.624 bits per heavy atom. The topological polar surface area (TPSA) is 610 Å². The van der Waals surface area contributed by atoms with E-state index in [1.54, 1.807) is 13.8 Å². The zero-order valence-corrected chi connectivity index (χ0v) is 70.9. The van der Waals surface area contributed by atoms with Gasteiger partial charge >= 0.3 is 0 Å². The smallest absolute Gasteiger partial charge is 0.248 e. The predicted molar refractivity (Wildman–Crippen MR) is 443 cm³/mol. The van der Waals surface area contributed by atoms with Gasteiger partial charge in [-0.1, -0.05) is 107 Å². The van der Waals surface area contributed by atoms with Crippen LogP contribution in [-0.2, 0) is 57.3 Å². The van der Waals surface area contributed by atoms with E-state index >= 15 is 28.8 Å². The lowest BCUT2D eigenvalue weighted by molar-refractivity contribution is -0.334. The third-order valence-electron chi connectivity index (χ3n) is 23.0. The Morgan fingerprint density at radius 3 is 1.85 bits per heavy atom. The zero-order chi connectivity index (χ0) is 90.7. The van der Waals surface area contributed by atoms with E-state index in [4.69, 9.17) is 62.1 Å². The number of aliphatic hydroxyl groups is 10. The molecular formula is C84H111Cl2N11O28. The number of nitrogens with one attached hydrogen (secondary N) is 10. The molecule has 125 heavy (non-hydrogen) atoms. The van der Waals surface area contributed by atoms with Crippen molar-refractivity contribution in [3.63, 3.8) is 0 Å². The van der Waals surface area contributed by atoms with Gasteiger partial charge in [-0.2, -0.15) is 0 Å². The monoisotopic (exact) mass is 1790 g/mol. The van der Waals surface area contributed by atoms with Gasteiger partial charge in [0.2, 0.25) is 59.3 Å². The van der Waals surface area contributed by atoms with Crippen LogP contribution in [0.3, 0.4) is 0 Å². The number of phenolic OH excluding ortho intramolecular Hbond substituents is 3. The summed E-state index contributed by atoms with van der Waals surface area (Å²) in [6.07, 6.45) is -17.5. The standard InChI is InChI=1S/C84H111Cl2N11O28/c1-7-8-9-10-11-12-13-14-21-89-22-23-90-84(5)33-58(119-37(4)74(84)110)124-73-71(109)69(107)56(35-99)123-83(73)125-72-53-28-41-29-54(72)121-52-20-17-40(27-46(52)86)67(105)64-81(117)94-62(79(115)97-65-70(108)68(106)55(34-98)122-82(65)118)44-30-42(100)31-50(102)59(44)43-25-38(15-18-49(43)101)60(77(113)96-64)93-78(114)61(41)92-76(112)48(32-57(87)103)91-80(116)63(95-75(111)47(88-6)24-36(2)3)66(104)39-16-19-51(120-53)45(85)26-39/h15-20,25-31,36-37,47-48,55-56,58,60-71,73-74,82-83,88-90,98-102,104-110,118H,7-14,21-24,32-35H2,1-6H3,(H2,87,103)(H,91,116)(H,92,112)(H,93,114)(H,94,117)(H,95,111)(H,96,113)(H,97,115)/t37-,47+,48-,55+,56+,58-,60+,61+,62-,63+,64-,65+,66+,67+,68+,69+,70+,71-,73+,74+,82?,83-,84-/m0/s1. The summed E-state index contributed by atoms with van der Waals surface area (Å²) in [5, 5.41) is 176. The Balaban J connectivity index is 1.08. The molecule has 684 valence electrons. The second-order valence-electron chi connectivity index (χ2n) is 32.7. The number of rotatable bonds is 28. The molecule has 8 aliphatic heterocycles. The van der Waals surface area contributed by atoms with Gasteiger partial charge in [0.1, 0.15) is 120 Å². The van der Waals surface area contributed by atoms with Crippen molar-refractivity contribution in [3.05, 3.63) is 117 Å². The van der Waals surface area contributed by atoms with Crippen molar-refractivity contribution in [2.45, 2.75) is 245 Å². The van der Waals surface area contributed by atoms with E-state index in [2.05, 4.69) is 60.1 Å². The first-order valence-electron chi connectivity index (χ1n) is 41.5. The van der Waals surface area contributed by atoms with Gasteiger partial charge in [-0.3, -0.25) is 38.4 Å². The summed E-state index contributed by atoms with van der Waals surface area (Å²) in [5.41, 5.74) is 1.44. The summed E-state index contributed by atoms with van der Waals surface area (Å²) in [5.74, 6) is -16.2. The van der Waals surface area contributed by atoms with Gasteiger partial charge in [0.25, 0.3) is 0 Å². The molecule has 8 amide bonds. The quantitative estimate of drug-likeness (QED) is 0.0299. The van der Waals surface area contributed by atoms with Gasteiger partial charge in [-0.15, -0.1) is 0 Å². The van der Waals surface area contributed by atoms with Gasteiger partial charge in [-0.05, 0) is 129 Å². The molecule has 0 radical (unpaired) electrons. The van der Waals surface area contributed by atoms with Crippen molar-refractivity contribution in [3.8, 4) is 57.1 Å². The highest BCUT2D eigenvalue weighted by Crippen LogP contribution is 2.50. The van der Waals surface area contributed by atoms with E-state index in [-0.39, 0.29) is 40.7 Å². The van der Waals surface area contributed by atoms with Gasteiger partial charge in [-0.25, -0.2) is 0 Å². The SMILES string of the molecule is CCCCCCCCCCNCCN[C@@]1(C)C[C@H](O[C@H]2[C@H](Oc3c4cc5cc3Oc3ccc(cc3Cl)[C@@H](O)[C@@H](NC(=O)[C@@H](CC(C)C)NC)C(=O)N[C@@H](CC(N)=O)C(=O)N[C@H]5C(=O)N[C@H]3C(=O)N[C@H](C(=O)N[C@H](C(=O)N[C@H]5C(O)O[C@H](CO)[C@@H](O)[C@@H]5O)c5cc(O)cc(O)c5-c5cc3ccc5O)[C@H](O)c3ccc(c(Cl)c3)O4)O[C@H](CO)[C@@H](O)[C@@H]2O)O[C@@H](C)[C@H]1O. The fourth-order valence-electron chi connectivity index (χ4n) is 16.1. The number of hydrogen-bond acceptors (Lipinski definition) is 31. The van der Waals surface area contributed by atoms with Crippen LogP contribution in [-0.4, -0.2) is 263 Å². The minimum absolute atomic E-state index is 0.122. The van der Waals surface area contributed by atoms with E-state index in [1.807, 2.05) is 13.8 Å². The lowest BCUT2D eigenvalue weighted by Gasteiger charge is -2.48. The number of carbonyl (C=O) groups is 8. The number of nitrogens with two attached hydrogens (primary N) is 1. The lowest BCUT2D eigenvalue weighted by Crippen LogP contribution is -2.65. The van der Waals surface area contributed by atoms with Crippen LogP contribution in [0.2, 0.25) is 10.0 Å². The Kier molecular flexibility index (Phi) is 32.7. The van der Waals surface area contributed by atoms with Crippen molar-refractivity contribution >= 4 is 70.5 Å². The third-order valence-corrected chi connectivity index (χ3v) is 23.6. The molecule has 0 spiro atoms. The molecule has 0 saturated carbocycles. The van der Waals surface area contributed by atoms with Gasteiger partial charge in [0.05, 0.1) is 47.9 Å². The number of likely N-dealkylation sites (N-methyl/N-ethyl adjacent to an activating group) is 1. The molecule has 0 aromatic heterocycles. The molecule has 8 heterocycles. The molecule has 8 aliphatic rings. The predicted octanol–water partition coefficient (Wildman–Crippen LogP) is 0.299. The number of carbonyl (C=O) groups excluding carboxylic acids is 8. The van der Waals surface area contributed by atoms with Crippen LogP contribution in [0.15, 0.2) is 78.9 Å². The van der Waals surface area contributed by atoms with Gasteiger partial charge in [0, 0.05) is 42.2 Å². The van der Waals surface area contributed by atoms with Crippen LogP contribution in [0.5, 0.6) is 46.0 Å². The fraction of sp³-hybridized carbons (Fsp3) is 0.548. The minimum atomic E-state index is -2.42. The number of hydrogen-bond donors (Lipinski definition) is 24. The van der Waals surface area contributed by atoms with E-state index in [0.717, 1.165) is 99.0 Å². The van der Waals surface area contributed by atoms with Crippen LogP contribution in [0.1, 0.15) is 163 Å². The maximum absolute atomic E-state index is 16.4. The second-order valence-corrected chi connectivity index (χ2v) is 33.5. The average molecular weight is 1790 g/mol. The Morgan fingerprint density at radius 2 is 1.22 bits per heavy atom. The molecule has 3 fully saturated rings. The number of aromatic hydroxyl groups is 3. The first kappa shape index (κ1) is 96.2. The van der Waals surface area contributed by atoms with Crippen molar-refractivity contribution in [2.75, 3.05) is 39.9 Å². The van der Waals surface area contributed by atoms with Crippen LogP contribution >= 0.6 is 23.2 Å². The van der Waals surface area contributed by atoms with E-state index < -0.39 is 280 Å². The Labute approximate surface area is 728 Å². The van der Waals surface area contributed by atoms with Crippen molar-refractivity contribution in [2.24, 2.45) is 11.7 Å². The molecule has 5 aromatic carbocycles. The molecule has 25 N–H and O–H groups in total. The molecule has 11 bridgehead atoms. The molecule has 5 aromatic rings. The van der Waals surface area contributed by atoms with E-state index in [1.165, 1.54) is 44.9 Å². The largest absolute Gasteiger partial charge is 0.508 e. The number of phenols is 3. The summed E-state index contributed by atoms with van der Waals surface area (Å²) < 4.78 is 44.8. The lowest BCUT2D eigenvalue weighted by atomic mass is 9.85. The summed E-state index contributed by atoms with van der Waals surface area (Å²) >= 11 is 14.4. The number of halogens is 2. The maximum atomic E-state index is 16.4. The van der Waals surface area contributed by atoms with Gasteiger partial charge in [0.15, 0.2) is 30.2 Å². The van der Waals surface area contributed by atoms with E-state index in [0.29, 0.717) is 13.1 Å². The van der Waals surface area contributed by atoms with Crippen LogP contribution < -0.4 is 73.1 Å². The number of ether oxygens (including phenoxy) is 7. The van der Waals surface area contributed by atoms with Crippen molar-refractivity contribution in [1.82, 2.24) is 53.2 Å². The van der Waals surface area contributed by atoms with Gasteiger partial charge < -0.3 is 158 Å². The number of primary amides is 1. The number of amides is 8. The normalized spacial score (nSPS) is 29.8. The zero-order valence-electron chi connectivity index (χ0n) is 69.4. The first-order valence-corrected chi connectivity index (χ1v) is 42.2. The van der Waals surface area contributed by atoms with Crippen LogP contribution in [0.4, 0.5) is 0 Å². The number of benzene rings is 5. The van der Waals surface area contributed by atoms with Crippen molar-refractivity contribution in [1.29, 1.82) is 0 Å². The average Bonchev–Trinajstić information content (AvgIpc) is 0.764. The summed E-state index contributed by atoms with van der Waals surface area (Å²) in [7, 11) is 1.47. The van der Waals surface area contributed by atoms with Crippen LogP contribution in [0, 0.1) is 5.92 Å². The first-order chi connectivity index (χ1) is 59.5. The summed E-state index contributed by atoms with van der Waals surface area (Å²) in [6, 6.07) is -3.28. The highest BCUT2D eigenvalue weighted by Gasteiger charge is 2.53. The minimum Gasteiger partial charge on any atom is -0.508 e.